The van der Waals surface area contributed by atoms with Gasteiger partial charge in [-0.3, -0.25) is 0 Å². The minimum atomic E-state index is -2.32. The maximum atomic E-state index is 12.5. The van der Waals surface area contributed by atoms with Gasteiger partial charge >= 0.3 is 12.3 Å². The molecule has 0 unspecified atom stereocenters. The highest BCUT2D eigenvalue weighted by Crippen LogP contribution is 2.17. The molecular formula is C8H6BrFO3. The van der Waals surface area contributed by atoms with Crippen molar-refractivity contribution < 1.29 is 19.0 Å². The molecule has 0 bridgehead atoms. The summed E-state index contributed by atoms with van der Waals surface area (Å²) in [6.07, 6.45) is -2.32. The van der Waals surface area contributed by atoms with Crippen molar-refractivity contribution in [3.63, 3.8) is 0 Å². The van der Waals surface area contributed by atoms with Gasteiger partial charge in [-0.1, -0.05) is 15.9 Å². The van der Waals surface area contributed by atoms with Crippen LogP contribution in [0.2, 0.25) is 0 Å². The number of carboxylic acids is 1. The van der Waals surface area contributed by atoms with Crippen LogP contribution in [0.25, 0.3) is 0 Å². The van der Waals surface area contributed by atoms with Crippen LogP contribution in [0.1, 0.15) is 0 Å². The Labute approximate surface area is 82.3 Å². The van der Waals surface area contributed by atoms with Gasteiger partial charge < -0.3 is 9.84 Å². The fourth-order valence-corrected chi connectivity index (χ4v) is 0.947. The van der Waals surface area contributed by atoms with E-state index in [9.17, 15) is 9.18 Å². The number of hydrogen-bond acceptors (Lipinski definition) is 2. The van der Waals surface area contributed by atoms with Crippen LogP contribution in [0.15, 0.2) is 28.7 Å². The van der Waals surface area contributed by atoms with Crippen molar-refractivity contribution in [3.8, 4) is 5.75 Å². The monoisotopic (exact) mass is 248 g/mol. The first-order valence-corrected chi connectivity index (χ1v) is 4.18. The van der Waals surface area contributed by atoms with Crippen molar-refractivity contribution in [2.75, 3.05) is 0 Å². The van der Waals surface area contributed by atoms with Crippen LogP contribution in [0.4, 0.5) is 4.39 Å². The largest absolute Gasteiger partial charge is 0.476 e. The quantitative estimate of drug-likeness (QED) is 0.893. The Kier molecular flexibility index (Phi) is 3.25. The maximum Gasteiger partial charge on any atom is 0.378 e. The first-order valence-electron chi connectivity index (χ1n) is 3.38. The molecule has 0 aliphatic carbocycles. The van der Waals surface area contributed by atoms with Gasteiger partial charge in [-0.2, -0.15) is 4.39 Å². The van der Waals surface area contributed by atoms with E-state index in [1.54, 1.807) is 12.1 Å². The SMILES string of the molecule is O=C(O)[C@@H](F)Oc1ccc(Br)cc1. The number of ether oxygens (including phenoxy) is 1. The molecule has 0 spiro atoms. The average Bonchev–Trinajstić information content (AvgIpc) is 2.08. The third-order valence-electron chi connectivity index (χ3n) is 1.25. The molecule has 1 aromatic carbocycles. The summed E-state index contributed by atoms with van der Waals surface area (Å²) in [5.74, 6) is -1.46. The molecule has 1 atom stereocenters. The summed E-state index contributed by atoms with van der Waals surface area (Å²) in [5, 5.41) is 8.19. The Bertz CT molecular complexity index is 299. The summed E-state index contributed by atoms with van der Waals surface area (Å²) in [4.78, 5) is 10.1. The highest BCUT2D eigenvalue weighted by Gasteiger charge is 2.16. The van der Waals surface area contributed by atoms with Gasteiger partial charge in [0.1, 0.15) is 5.75 Å². The zero-order valence-electron chi connectivity index (χ0n) is 6.41. The molecular weight excluding hydrogens is 243 g/mol. The van der Waals surface area contributed by atoms with Crippen molar-refractivity contribution in [2.45, 2.75) is 6.36 Å². The summed E-state index contributed by atoms with van der Waals surface area (Å²) >= 11 is 3.17. The summed E-state index contributed by atoms with van der Waals surface area (Å²) in [6, 6.07) is 6.20. The molecule has 0 amide bonds. The van der Waals surface area contributed by atoms with E-state index in [0.29, 0.717) is 0 Å². The molecule has 70 valence electrons. The van der Waals surface area contributed by atoms with E-state index in [1.807, 2.05) is 0 Å². The minimum Gasteiger partial charge on any atom is -0.476 e. The number of carboxylic acid groups (broad SMARTS) is 1. The lowest BCUT2D eigenvalue weighted by atomic mass is 10.3. The van der Waals surface area contributed by atoms with E-state index in [-0.39, 0.29) is 5.75 Å². The van der Waals surface area contributed by atoms with Crippen molar-refractivity contribution >= 4 is 21.9 Å². The van der Waals surface area contributed by atoms with Crippen LogP contribution in [-0.2, 0) is 4.79 Å². The second-order valence-electron chi connectivity index (χ2n) is 2.23. The molecule has 0 aliphatic heterocycles. The molecule has 13 heavy (non-hydrogen) atoms. The van der Waals surface area contributed by atoms with Crippen LogP contribution >= 0.6 is 15.9 Å². The number of hydrogen-bond donors (Lipinski definition) is 1. The van der Waals surface area contributed by atoms with Crippen molar-refractivity contribution in [1.29, 1.82) is 0 Å². The standard InChI is InChI=1S/C8H6BrFO3/c9-5-1-3-6(4-2-5)13-7(10)8(11)12/h1-4,7H,(H,11,12)/t7-/m0/s1. The highest BCUT2D eigenvalue weighted by atomic mass is 79.9. The molecule has 1 rings (SSSR count). The van der Waals surface area contributed by atoms with Crippen LogP contribution in [0.5, 0.6) is 5.75 Å². The maximum absolute atomic E-state index is 12.5. The Morgan fingerprint density at radius 2 is 2.00 bits per heavy atom. The summed E-state index contributed by atoms with van der Waals surface area (Å²) in [5.41, 5.74) is 0. The van der Waals surface area contributed by atoms with Crippen LogP contribution in [0.3, 0.4) is 0 Å². The number of aliphatic carboxylic acids is 1. The smallest absolute Gasteiger partial charge is 0.378 e. The predicted molar refractivity (Wildman–Crippen MR) is 47.3 cm³/mol. The number of benzene rings is 1. The molecule has 0 saturated carbocycles. The fraction of sp³-hybridized carbons (Fsp3) is 0.125. The van der Waals surface area contributed by atoms with Gasteiger partial charge in [0.05, 0.1) is 0 Å². The molecule has 0 heterocycles. The molecule has 0 aromatic heterocycles. The molecule has 3 nitrogen and oxygen atoms in total. The van der Waals surface area contributed by atoms with Gasteiger partial charge in [-0.05, 0) is 24.3 Å². The third kappa shape index (κ3) is 3.02. The normalized spacial score (nSPS) is 12.2. The number of carbonyl (C=O) groups is 1. The molecule has 5 heteroatoms. The Morgan fingerprint density at radius 1 is 1.46 bits per heavy atom. The average molecular weight is 249 g/mol. The van der Waals surface area contributed by atoms with Gasteiger partial charge in [-0.15, -0.1) is 0 Å². The van der Waals surface area contributed by atoms with Gasteiger partial charge in [0, 0.05) is 4.47 Å². The Balaban J connectivity index is 2.64. The zero-order valence-corrected chi connectivity index (χ0v) is 7.99. The molecule has 0 aliphatic rings. The van der Waals surface area contributed by atoms with E-state index in [2.05, 4.69) is 20.7 Å². The predicted octanol–water partition coefficient (Wildman–Crippen LogP) is 2.21. The van der Waals surface area contributed by atoms with E-state index in [4.69, 9.17) is 5.11 Å². The second kappa shape index (κ2) is 4.23. The van der Waals surface area contributed by atoms with Gasteiger partial charge in [0.2, 0.25) is 0 Å². The van der Waals surface area contributed by atoms with Gasteiger partial charge in [-0.25, -0.2) is 4.79 Å². The second-order valence-corrected chi connectivity index (χ2v) is 3.14. The molecule has 0 saturated heterocycles. The lowest BCUT2D eigenvalue weighted by Crippen LogP contribution is -2.21. The molecule has 0 fully saturated rings. The summed E-state index contributed by atoms with van der Waals surface area (Å²) in [6.45, 7) is 0. The van der Waals surface area contributed by atoms with Crippen molar-refractivity contribution in [2.24, 2.45) is 0 Å². The minimum absolute atomic E-state index is 0.179. The molecule has 1 N–H and O–H groups in total. The third-order valence-corrected chi connectivity index (χ3v) is 1.78. The lowest BCUT2D eigenvalue weighted by Gasteiger charge is -2.06. The fourth-order valence-electron chi connectivity index (χ4n) is 0.683. The number of alkyl halides is 1. The van der Waals surface area contributed by atoms with Gasteiger partial charge in [0.25, 0.3) is 0 Å². The molecule has 0 radical (unpaired) electrons. The van der Waals surface area contributed by atoms with Crippen molar-refractivity contribution in [3.05, 3.63) is 28.7 Å². The molecule has 1 aromatic rings. The Hall–Kier alpha value is -1.10. The van der Waals surface area contributed by atoms with Gasteiger partial charge in [0.15, 0.2) is 0 Å². The van der Waals surface area contributed by atoms with Crippen molar-refractivity contribution in [1.82, 2.24) is 0 Å². The topological polar surface area (TPSA) is 46.5 Å². The highest BCUT2D eigenvalue weighted by molar-refractivity contribution is 9.10. The van der Waals surface area contributed by atoms with E-state index < -0.39 is 12.3 Å². The number of rotatable bonds is 3. The lowest BCUT2D eigenvalue weighted by molar-refractivity contribution is -0.153. The van der Waals surface area contributed by atoms with Crippen LogP contribution in [0, 0.1) is 0 Å². The first-order chi connectivity index (χ1) is 6.09. The van der Waals surface area contributed by atoms with Crippen LogP contribution in [-0.4, -0.2) is 17.4 Å². The zero-order chi connectivity index (χ0) is 9.84. The van der Waals surface area contributed by atoms with Crippen LogP contribution < -0.4 is 4.74 Å². The summed E-state index contributed by atoms with van der Waals surface area (Å²) in [7, 11) is 0. The van der Waals surface area contributed by atoms with E-state index in [0.717, 1.165) is 4.47 Å². The Morgan fingerprint density at radius 3 is 2.46 bits per heavy atom. The van der Waals surface area contributed by atoms with E-state index in [1.165, 1.54) is 12.1 Å². The van der Waals surface area contributed by atoms with E-state index >= 15 is 0 Å². The first kappa shape index (κ1) is 9.98. The summed E-state index contributed by atoms with van der Waals surface area (Å²) < 4.78 is 17.7. The number of halogens is 2.